The predicted octanol–water partition coefficient (Wildman–Crippen LogP) is 2.58. The van der Waals surface area contributed by atoms with Crippen molar-refractivity contribution in [3.63, 3.8) is 0 Å². The molecule has 2 N–H and O–H groups in total. The van der Waals surface area contributed by atoms with Crippen molar-refractivity contribution >= 4 is 23.3 Å². The number of nitriles is 1. The van der Waals surface area contributed by atoms with Crippen molar-refractivity contribution in [2.75, 3.05) is 13.2 Å². The third kappa shape index (κ3) is 4.94. The Kier molecular flexibility index (Phi) is 6.37. The quantitative estimate of drug-likeness (QED) is 0.596. The SMILES string of the molecule is CC1=C(C(=O)OCC(C)C)[C@H](c2ccc(OCC#N)cc2)NC(=S)N1. The van der Waals surface area contributed by atoms with Crippen LogP contribution < -0.4 is 15.4 Å². The zero-order valence-corrected chi connectivity index (χ0v) is 15.3. The first kappa shape index (κ1) is 18.7. The summed E-state index contributed by atoms with van der Waals surface area (Å²) in [5, 5.41) is 15.1. The van der Waals surface area contributed by atoms with Crippen LogP contribution in [0.25, 0.3) is 0 Å². The second-order valence-electron chi connectivity index (χ2n) is 6.08. The van der Waals surface area contributed by atoms with Crippen LogP contribution >= 0.6 is 12.2 Å². The van der Waals surface area contributed by atoms with Crippen molar-refractivity contribution in [1.29, 1.82) is 5.26 Å². The number of thiocarbonyl (C=S) groups is 1. The fraction of sp³-hybridized carbons (Fsp3) is 0.389. The summed E-state index contributed by atoms with van der Waals surface area (Å²) < 4.78 is 10.7. The molecule has 6 nitrogen and oxygen atoms in total. The number of ether oxygens (including phenoxy) is 2. The van der Waals surface area contributed by atoms with Crippen LogP contribution in [0, 0.1) is 17.2 Å². The van der Waals surface area contributed by atoms with Gasteiger partial charge in [0.15, 0.2) is 11.7 Å². The van der Waals surface area contributed by atoms with Crippen LogP contribution in [0.1, 0.15) is 32.4 Å². The molecule has 1 atom stereocenters. The summed E-state index contributed by atoms with van der Waals surface area (Å²) in [6.45, 7) is 6.11. The van der Waals surface area contributed by atoms with E-state index in [1.165, 1.54) is 0 Å². The molecular formula is C18H21N3O3S. The Morgan fingerprint density at radius 1 is 1.36 bits per heavy atom. The van der Waals surface area contributed by atoms with Gasteiger partial charge in [-0.1, -0.05) is 26.0 Å². The van der Waals surface area contributed by atoms with Crippen LogP contribution in [-0.4, -0.2) is 24.3 Å². The molecule has 0 aliphatic carbocycles. The maximum Gasteiger partial charge on any atom is 0.338 e. The van der Waals surface area contributed by atoms with Gasteiger partial charge in [0.25, 0.3) is 0 Å². The summed E-state index contributed by atoms with van der Waals surface area (Å²) in [4.78, 5) is 12.5. The number of hydrogen-bond acceptors (Lipinski definition) is 5. The van der Waals surface area contributed by atoms with Gasteiger partial charge in [0, 0.05) is 5.70 Å². The standard InChI is InChI=1S/C18H21N3O3S/c1-11(2)10-24-17(22)15-12(3)20-18(25)21-16(15)13-4-6-14(7-5-13)23-9-8-19/h4-7,11,16H,9-10H2,1-3H3,(H2,20,21,25)/t16-/m0/s1. The molecule has 0 saturated carbocycles. The predicted molar refractivity (Wildman–Crippen MR) is 97.7 cm³/mol. The lowest BCUT2D eigenvalue weighted by Crippen LogP contribution is -2.45. The Morgan fingerprint density at radius 2 is 2.04 bits per heavy atom. The Balaban J connectivity index is 2.26. The molecule has 1 aromatic rings. The van der Waals surface area contributed by atoms with E-state index in [-0.39, 0.29) is 18.5 Å². The van der Waals surface area contributed by atoms with Gasteiger partial charge >= 0.3 is 5.97 Å². The number of benzene rings is 1. The zero-order chi connectivity index (χ0) is 18.4. The minimum Gasteiger partial charge on any atom is -0.479 e. The largest absolute Gasteiger partial charge is 0.479 e. The number of allylic oxidation sites excluding steroid dienone is 1. The van der Waals surface area contributed by atoms with Crippen molar-refractivity contribution in [3.05, 3.63) is 41.1 Å². The summed E-state index contributed by atoms with van der Waals surface area (Å²) >= 11 is 5.22. The number of carbonyl (C=O) groups is 1. The third-order valence-electron chi connectivity index (χ3n) is 3.55. The molecule has 25 heavy (non-hydrogen) atoms. The van der Waals surface area contributed by atoms with Crippen LogP contribution in [0.4, 0.5) is 0 Å². The lowest BCUT2D eigenvalue weighted by Gasteiger charge is -2.30. The van der Waals surface area contributed by atoms with Crippen LogP contribution in [0.3, 0.4) is 0 Å². The first-order valence-corrected chi connectivity index (χ1v) is 8.38. The molecule has 1 aliphatic heterocycles. The van der Waals surface area contributed by atoms with Crippen LogP contribution in [0.2, 0.25) is 0 Å². The van der Waals surface area contributed by atoms with Crippen molar-refractivity contribution in [1.82, 2.24) is 10.6 Å². The van der Waals surface area contributed by atoms with Gasteiger partial charge in [0.05, 0.1) is 18.2 Å². The van der Waals surface area contributed by atoms with Crippen LogP contribution in [0.5, 0.6) is 5.75 Å². The Hall–Kier alpha value is -2.59. The van der Waals surface area contributed by atoms with Crippen LogP contribution in [-0.2, 0) is 9.53 Å². The minimum atomic E-state index is -0.404. The molecule has 0 aromatic heterocycles. The van der Waals surface area contributed by atoms with E-state index in [0.29, 0.717) is 28.7 Å². The number of nitrogens with one attached hydrogen (secondary N) is 2. The average molecular weight is 359 g/mol. The lowest BCUT2D eigenvalue weighted by molar-refractivity contribution is -0.140. The van der Waals surface area contributed by atoms with Gasteiger partial charge in [-0.25, -0.2) is 4.79 Å². The average Bonchev–Trinajstić information content (AvgIpc) is 2.57. The van der Waals surface area contributed by atoms with Gasteiger partial charge in [0.2, 0.25) is 0 Å². The molecular weight excluding hydrogens is 338 g/mol. The van der Waals surface area contributed by atoms with E-state index < -0.39 is 6.04 Å². The fourth-order valence-electron chi connectivity index (χ4n) is 2.41. The van der Waals surface area contributed by atoms with Gasteiger partial charge in [-0.3, -0.25) is 0 Å². The van der Waals surface area contributed by atoms with E-state index in [0.717, 1.165) is 5.56 Å². The molecule has 0 saturated heterocycles. The van der Waals surface area contributed by atoms with E-state index >= 15 is 0 Å². The van der Waals surface area contributed by atoms with Crippen molar-refractivity contribution < 1.29 is 14.3 Å². The molecule has 0 fully saturated rings. The van der Waals surface area contributed by atoms with E-state index in [4.69, 9.17) is 27.0 Å². The number of hydrogen-bond donors (Lipinski definition) is 2. The molecule has 1 heterocycles. The van der Waals surface area contributed by atoms with Gasteiger partial charge < -0.3 is 20.1 Å². The molecule has 0 bridgehead atoms. The molecule has 0 amide bonds. The summed E-state index contributed by atoms with van der Waals surface area (Å²) in [7, 11) is 0. The molecule has 7 heteroatoms. The zero-order valence-electron chi connectivity index (χ0n) is 14.5. The molecule has 0 radical (unpaired) electrons. The highest BCUT2D eigenvalue weighted by Crippen LogP contribution is 2.29. The number of nitrogens with zero attached hydrogens (tertiary/aromatic N) is 1. The van der Waals surface area contributed by atoms with E-state index in [9.17, 15) is 4.79 Å². The van der Waals surface area contributed by atoms with Gasteiger partial charge in [-0.05, 0) is 42.8 Å². The Bertz CT molecular complexity index is 720. The minimum absolute atomic E-state index is 0.0131. The normalized spacial score (nSPS) is 16.8. The van der Waals surface area contributed by atoms with Crippen molar-refractivity contribution in [2.45, 2.75) is 26.8 Å². The van der Waals surface area contributed by atoms with Crippen molar-refractivity contribution in [2.24, 2.45) is 5.92 Å². The molecule has 1 aliphatic rings. The Labute approximate surface area is 152 Å². The van der Waals surface area contributed by atoms with Crippen LogP contribution in [0.15, 0.2) is 35.5 Å². The number of carbonyl (C=O) groups excluding carboxylic acids is 1. The maximum atomic E-state index is 12.5. The number of esters is 1. The highest BCUT2D eigenvalue weighted by molar-refractivity contribution is 7.80. The topological polar surface area (TPSA) is 83.4 Å². The molecule has 1 aromatic carbocycles. The van der Waals surface area contributed by atoms with Gasteiger partial charge in [-0.2, -0.15) is 5.26 Å². The van der Waals surface area contributed by atoms with E-state index in [1.807, 2.05) is 32.0 Å². The maximum absolute atomic E-state index is 12.5. The second kappa shape index (κ2) is 8.49. The Morgan fingerprint density at radius 3 is 2.64 bits per heavy atom. The second-order valence-corrected chi connectivity index (χ2v) is 6.49. The summed E-state index contributed by atoms with van der Waals surface area (Å²) in [6, 6.07) is 8.70. The fourth-order valence-corrected chi connectivity index (χ4v) is 2.68. The molecule has 0 spiro atoms. The van der Waals surface area contributed by atoms with Gasteiger partial charge in [0.1, 0.15) is 11.8 Å². The van der Waals surface area contributed by atoms with Crippen molar-refractivity contribution in [3.8, 4) is 11.8 Å². The summed E-state index contributed by atoms with van der Waals surface area (Å²) in [6.07, 6.45) is 0. The van der Waals surface area contributed by atoms with Gasteiger partial charge in [-0.15, -0.1) is 0 Å². The smallest absolute Gasteiger partial charge is 0.338 e. The lowest BCUT2D eigenvalue weighted by atomic mass is 9.95. The third-order valence-corrected chi connectivity index (χ3v) is 3.77. The highest BCUT2D eigenvalue weighted by Gasteiger charge is 2.31. The van der Waals surface area contributed by atoms with E-state index in [2.05, 4.69) is 10.6 Å². The number of rotatable bonds is 6. The first-order valence-electron chi connectivity index (χ1n) is 7.97. The monoisotopic (exact) mass is 359 g/mol. The summed E-state index contributed by atoms with van der Waals surface area (Å²) in [5.74, 6) is 0.473. The molecule has 132 valence electrons. The first-order chi connectivity index (χ1) is 11.9. The highest BCUT2D eigenvalue weighted by atomic mass is 32.1. The molecule has 0 unspecified atom stereocenters. The molecule has 2 rings (SSSR count). The van der Waals surface area contributed by atoms with E-state index in [1.54, 1.807) is 19.1 Å². The summed E-state index contributed by atoms with van der Waals surface area (Å²) in [5.41, 5.74) is 2.02.